The van der Waals surface area contributed by atoms with E-state index in [2.05, 4.69) is 5.32 Å². The molecular formula is C28H32AsNO9. The number of rotatable bonds is 9. The molecule has 0 bridgehead atoms. The van der Waals surface area contributed by atoms with E-state index in [-0.39, 0.29) is 35.4 Å². The molecule has 0 aliphatic heterocycles. The van der Waals surface area contributed by atoms with Gasteiger partial charge in [-0.25, -0.2) is 0 Å². The molecule has 0 fully saturated rings. The second-order valence-electron chi connectivity index (χ2n) is 8.22. The predicted molar refractivity (Wildman–Crippen MR) is 145 cm³/mol. The van der Waals surface area contributed by atoms with Gasteiger partial charge in [-0.1, -0.05) is 54.6 Å². The summed E-state index contributed by atoms with van der Waals surface area (Å²) < 4.78 is 38.8. The average molecular weight is 601 g/mol. The van der Waals surface area contributed by atoms with E-state index < -0.39 is 37.9 Å². The van der Waals surface area contributed by atoms with Crippen LogP contribution in [0.15, 0.2) is 72.8 Å². The number of hydrogen-bond acceptors (Lipinski definition) is 7. The molecule has 1 amide bonds. The van der Waals surface area contributed by atoms with E-state index >= 15 is 0 Å². The number of nitrogens with one attached hydrogen (secondary N) is 1. The van der Waals surface area contributed by atoms with E-state index in [1.54, 1.807) is 13.8 Å². The number of amides is 1. The van der Waals surface area contributed by atoms with Crippen molar-refractivity contribution in [3.05, 3.63) is 78.4 Å². The van der Waals surface area contributed by atoms with Crippen molar-refractivity contribution < 1.29 is 40.9 Å². The molecular weight excluding hydrogens is 569 g/mol. The zero-order chi connectivity index (χ0) is 29.0. The van der Waals surface area contributed by atoms with E-state index in [0.717, 1.165) is 16.7 Å². The van der Waals surface area contributed by atoms with Gasteiger partial charge in [-0.05, 0) is 37.0 Å². The molecule has 0 aromatic heterocycles. The molecule has 11 heteroatoms. The Morgan fingerprint density at radius 2 is 1.36 bits per heavy atom. The van der Waals surface area contributed by atoms with Gasteiger partial charge in [0.05, 0.1) is 13.2 Å². The van der Waals surface area contributed by atoms with Crippen molar-refractivity contribution in [3.8, 4) is 16.9 Å². The van der Waals surface area contributed by atoms with Gasteiger partial charge in [-0.3, -0.25) is 9.59 Å². The maximum Gasteiger partial charge on any atom is 0.320 e. The summed E-state index contributed by atoms with van der Waals surface area (Å²) in [5.74, 6) is -2.88. The van der Waals surface area contributed by atoms with Crippen molar-refractivity contribution in [2.24, 2.45) is 5.92 Å². The number of phenolic OH excluding ortho intramolecular Hbond substituents is 1. The van der Waals surface area contributed by atoms with Crippen molar-refractivity contribution in [2.75, 3.05) is 18.5 Å². The van der Waals surface area contributed by atoms with Gasteiger partial charge in [0.25, 0.3) is 0 Å². The van der Waals surface area contributed by atoms with Crippen LogP contribution in [0.1, 0.15) is 26.3 Å². The molecule has 0 radical (unpaired) electrons. The number of esters is 2. The number of carbonyl (C=O) groups is 3. The molecule has 0 aliphatic carbocycles. The number of aromatic hydroxyl groups is 1. The van der Waals surface area contributed by atoms with Crippen LogP contribution in [0.3, 0.4) is 0 Å². The second-order valence-corrected chi connectivity index (χ2v) is 11.5. The number of benzene rings is 3. The van der Waals surface area contributed by atoms with E-state index in [1.165, 1.54) is 25.1 Å². The normalized spacial score (nSPS) is 10.7. The third-order valence-corrected chi connectivity index (χ3v) is 7.38. The predicted octanol–water partition coefficient (Wildman–Crippen LogP) is 2.55. The summed E-state index contributed by atoms with van der Waals surface area (Å²) in [6.45, 7) is 5.09. The molecule has 0 unspecified atom stereocenters. The molecule has 208 valence electrons. The fourth-order valence-corrected chi connectivity index (χ4v) is 5.08. The second kappa shape index (κ2) is 14.9. The molecule has 0 atom stereocenters. The van der Waals surface area contributed by atoms with Crippen LogP contribution in [0.25, 0.3) is 11.1 Å². The van der Waals surface area contributed by atoms with Crippen LogP contribution in [0.4, 0.5) is 5.69 Å². The van der Waals surface area contributed by atoms with E-state index in [4.69, 9.17) is 17.7 Å². The molecule has 0 saturated carbocycles. The van der Waals surface area contributed by atoms with Crippen LogP contribution in [-0.4, -0.2) is 58.5 Å². The first-order valence-electron chi connectivity index (χ1n) is 12.1. The van der Waals surface area contributed by atoms with Gasteiger partial charge < -0.3 is 9.47 Å². The molecule has 0 aliphatic rings. The fourth-order valence-electron chi connectivity index (χ4n) is 3.52. The van der Waals surface area contributed by atoms with E-state index in [0.29, 0.717) is 0 Å². The van der Waals surface area contributed by atoms with Crippen LogP contribution in [0.2, 0.25) is 0 Å². The average Bonchev–Trinajstić information content (AvgIpc) is 2.89. The Morgan fingerprint density at radius 1 is 0.821 bits per heavy atom. The van der Waals surface area contributed by atoms with Crippen LogP contribution >= 0.6 is 0 Å². The smallest absolute Gasteiger partial charge is 0.320 e. The van der Waals surface area contributed by atoms with E-state index in [9.17, 15) is 23.2 Å². The molecule has 10 nitrogen and oxygen atoms in total. The maximum absolute atomic E-state index is 12.0. The van der Waals surface area contributed by atoms with Gasteiger partial charge >= 0.3 is 100 Å². The largest absolute Gasteiger partial charge is 0.465 e. The zero-order valence-corrected chi connectivity index (χ0v) is 23.7. The van der Waals surface area contributed by atoms with Gasteiger partial charge in [-0.2, -0.15) is 0 Å². The number of ether oxygens (including phenoxy) is 2. The molecule has 3 rings (SSSR count). The van der Waals surface area contributed by atoms with Gasteiger partial charge in [0.1, 0.15) is 0 Å². The third kappa shape index (κ3) is 9.76. The first kappa shape index (κ1) is 31.4. The number of para-hydroxylation sites is 1. The summed E-state index contributed by atoms with van der Waals surface area (Å²) in [5, 5.41) is 11.5. The van der Waals surface area contributed by atoms with Crippen LogP contribution in [0, 0.1) is 5.92 Å². The van der Waals surface area contributed by atoms with Crippen molar-refractivity contribution in [1.82, 2.24) is 0 Å². The topological polar surface area (TPSA) is 159 Å². The SMILES string of the molecule is CC(=O)Nc1c(O)cccc1[As](=O)(O)O.CCOC(=O)C(Cc1ccc(-c2ccccc2)cc1)C(=O)OCC. The van der Waals surface area contributed by atoms with Gasteiger partial charge in [-0.15, -0.1) is 0 Å². The Kier molecular flexibility index (Phi) is 12.0. The number of carbonyl (C=O) groups excluding carboxylic acids is 3. The zero-order valence-electron chi connectivity index (χ0n) is 21.9. The Labute approximate surface area is 229 Å². The van der Waals surface area contributed by atoms with E-state index in [1.807, 2.05) is 54.6 Å². The van der Waals surface area contributed by atoms with Gasteiger partial charge in [0, 0.05) is 0 Å². The molecule has 0 saturated heterocycles. The number of anilines is 1. The molecule has 39 heavy (non-hydrogen) atoms. The van der Waals surface area contributed by atoms with Crippen molar-refractivity contribution >= 4 is 42.1 Å². The molecule has 0 heterocycles. The molecule has 3 aromatic carbocycles. The van der Waals surface area contributed by atoms with Crippen LogP contribution in [0.5, 0.6) is 5.75 Å². The summed E-state index contributed by atoms with van der Waals surface area (Å²) in [6.07, 6.45) is 0.271. The summed E-state index contributed by atoms with van der Waals surface area (Å²) >= 11 is -5.14. The summed E-state index contributed by atoms with van der Waals surface area (Å²) in [5.41, 5.74) is 2.87. The van der Waals surface area contributed by atoms with Crippen molar-refractivity contribution in [3.63, 3.8) is 0 Å². The quantitative estimate of drug-likeness (QED) is 0.125. The van der Waals surface area contributed by atoms with Gasteiger partial charge in [0.2, 0.25) is 0 Å². The first-order chi connectivity index (χ1) is 18.5. The third-order valence-electron chi connectivity index (χ3n) is 5.28. The minimum absolute atomic E-state index is 0.225. The van der Waals surface area contributed by atoms with Crippen LogP contribution in [-0.2, 0) is 34.0 Å². The Hall–Kier alpha value is -3.85. The molecule has 4 N–H and O–H groups in total. The Morgan fingerprint density at radius 3 is 1.85 bits per heavy atom. The standard InChI is InChI=1S/C20H22O4.C8H10AsNO5/c1-3-23-19(21)18(20(22)24-4-2)14-15-10-12-17(13-11-15)16-8-6-5-7-9-16;1-5(11)10-8-6(9(13,14)15)3-2-4-7(8)12/h5-13,18H,3-4,14H2,1-2H3;2-4,12H,1H3,(H,10,11)(H2,13,14,15). The molecule has 0 spiro atoms. The number of phenols is 1. The summed E-state index contributed by atoms with van der Waals surface area (Å²) in [6, 6.07) is 21.5. The van der Waals surface area contributed by atoms with Gasteiger partial charge in [0.15, 0.2) is 5.92 Å². The van der Waals surface area contributed by atoms with Crippen molar-refractivity contribution in [2.45, 2.75) is 27.2 Å². The van der Waals surface area contributed by atoms with Crippen molar-refractivity contribution in [1.29, 1.82) is 0 Å². The van der Waals surface area contributed by atoms with Crippen LogP contribution < -0.4 is 9.67 Å². The summed E-state index contributed by atoms with van der Waals surface area (Å²) in [4.78, 5) is 34.8. The minimum atomic E-state index is -5.14. The Bertz CT molecular complexity index is 1290. The first-order valence-corrected chi connectivity index (χ1v) is 15.5. The minimum Gasteiger partial charge on any atom is -0.465 e. The summed E-state index contributed by atoms with van der Waals surface area (Å²) in [7, 11) is 0. The Balaban J connectivity index is 0.000000306. The maximum atomic E-state index is 12.0. The number of hydrogen-bond donors (Lipinski definition) is 4. The fraction of sp³-hybridized carbons (Fsp3) is 0.250. The monoisotopic (exact) mass is 601 g/mol. The molecule has 3 aromatic rings.